The van der Waals surface area contributed by atoms with Crippen LogP contribution in [0.2, 0.25) is 0 Å². The minimum Gasteiger partial charge on any atom is -0.497 e. The van der Waals surface area contributed by atoms with Gasteiger partial charge in [-0.15, -0.1) is 0 Å². The summed E-state index contributed by atoms with van der Waals surface area (Å²) in [5.74, 6) is 1.65. The summed E-state index contributed by atoms with van der Waals surface area (Å²) >= 11 is 0. The zero-order valence-corrected chi connectivity index (χ0v) is 21.5. The van der Waals surface area contributed by atoms with E-state index < -0.39 is 10.0 Å². The van der Waals surface area contributed by atoms with Gasteiger partial charge in [-0.2, -0.15) is 4.31 Å². The Morgan fingerprint density at radius 2 is 1.83 bits per heavy atom. The molecule has 1 fully saturated rings. The number of aryl methyl sites for hydroxylation is 1. The van der Waals surface area contributed by atoms with Crippen molar-refractivity contribution < 1.29 is 23.0 Å². The molecule has 5 rings (SSSR count). The fraction of sp³-hybridized carbons (Fsp3) is 0.462. The smallest absolute Gasteiger partial charge is 0.213 e. The van der Waals surface area contributed by atoms with Crippen LogP contribution in [0.4, 0.5) is 0 Å². The number of rotatable bonds is 7. The molecule has 0 amide bonds. The van der Waals surface area contributed by atoms with Crippen molar-refractivity contribution in [3.05, 3.63) is 59.3 Å². The number of hydrogen-bond acceptors (Lipinski definition) is 6. The van der Waals surface area contributed by atoms with E-state index in [1.54, 1.807) is 25.4 Å². The molecule has 0 aliphatic carbocycles. The van der Waals surface area contributed by atoms with E-state index in [-0.39, 0.29) is 23.8 Å². The lowest BCUT2D eigenvalue weighted by atomic mass is 9.70. The van der Waals surface area contributed by atoms with Crippen LogP contribution in [0.25, 0.3) is 10.9 Å². The number of para-hydroxylation sites is 1. The van der Waals surface area contributed by atoms with Gasteiger partial charge in [0.05, 0.1) is 38.1 Å². The van der Waals surface area contributed by atoms with Gasteiger partial charge in [-0.05, 0) is 30.7 Å². The second-order valence-corrected chi connectivity index (χ2v) is 11.8. The van der Waals surface area contributed by atoms with Crippen LogP contribution in [0.3, 0.4) is 0 Å². The lowest BCUT2D eigenvalue weighted by Gasteiger charge is -2.55. The number of aliphatic hydroxyl groups excluding tert-OH is 1. The molecule has 3 heterocycles. The predicted octanol–water partition coefficient (Wildman–Crippen LogP) is 2.65. The SMILES string of the molecule is CCS(=O)(=O)N1CC2(CN(Cc3ccccc3OC)[C@@H](CO)c3c2c2ccc(OC)cc2n3C)C1. The molecule has 9 heteroatoms. The molecule has 0 bridgehead atoms. The summed E-state index contributed by atoms with van der Waals surface area (Å²) in [5, 5.41) is 11.7. The summed E-state index contributed by atoms with van der Waals surface area (Å²) in [4.78, 5) is 2.27. The third-order valence-electron chi connectivity index (χ3n) is 7.70. The quantitative estimate of drug-likeness (QED) is 0.538. The second kappa shape index (κ2) is 8.81. The first-order valence-corrected chi connectivity index (χ1v) is 13.5. The van der Waals surface area contributed by atoms with Crippen molar-refractivity contribution in [2.75, 3.05) is 46.2 Å². The Labute approximate surface area is 206 Å². The van der Waals surface area contributed by atoms with Gasteiger partial charge in [-0.3, -0.25) is 4.90 Å². The summed E-state index contributed by atoms with van der Waals surface area (Å²) in [5.41, 5.74) is 3.87. The largest absolute Gasteiger partial charge is 0.497 e. The third kappa shape index (κ3) is 3.72. The summed E-state index contributed by atoms with van der Waals surface area (Å²) < 4.78 is 40.2. The Bertz CT molecular complexity index is 1360. The molecule has 1 spiro atoms. The van der Waals surface area contributed by atoms with Crippen LogP contribution in [0.15, 0.2) is 42.5 Å². The number of aromatic nitrogens is 1. The van der Waals surface area contributed by atoms with Gasteiger partial charge in [0.1, 0.15) is 11.5 Å². The van der Waals surface area contributed by atoms with Crippen molar-refractivity contribution in [2.45, 2.75) is 24.9 Å². The van der Waals surface area contributed by atoms with E-state index in [1.807, 2.05) is 43.4 Å². The minimum atomic E-state index is -3.28. The summed E-state index contributed by atoms with van der Waals surface area (Å²) in [6.45, 7) is 3.73. The van der Waals surface area contributed by atoms with E-state index in [1.165, 1.54) is 0 Å². The number of benzene rings is 2. The zero-order valence-electron chi connectivity index (χ0n) is 20.7. The Balaban J connectivity index is 1.66. The second-order valence-electron chi connectivity index (χ2n) is 9.57. The lowest BCUT2D eigenvalue weighted by Crippen LogP contribution is -2.67. The highest BCUT2D eigenvalue weighted by Gasteiger charge is 2.55. The molecule has 2 aromatic carbocycles. The topological polar surface area (TPSA) is 84.2 Å². The van der Waals surface area contributed by atoms with Crippen molar-refractivity contribution in [1.82, 2.24) is 13.8 Å². The van der Waals surface area contributed by atoms with Gasteiger partial charge in [-0.1, -0.05) is 18.2 Å². The van der Waals surface area contributed by atoms with Crippen LogP contribution >= 0.6 is 0 Å². The molecule has 1 saturated heterocycles. The molecule has 8 nitrogen and oxygen atoms in total. The highest BCUT2D eigenvalue weighted by molar-refractivity contribution is 7.89. The molecule has 2 aliphatic heterocycles. The number of hydrogen-bond donors (Lipinski definition) is 1. The first-order valence-electron chi connectivity index (χ1n) is 11.9. The molecule has 0 saturated carbocycles. The lowest BCUT2D eigenvalue weighted by molar-refractivity contribution is 0.0238. The van der Waals surface area contributed by atoms with Crippen LogP contribution in [0.5, 0.6) is 11.5 Å². The van der Waals surface area contributed by atoms with Gasteiger partial charge in [0, 0.05) is 61.4 Å². The summed E-state index contributed by atoms with van der Waals surface area (Å²) in [6.07, 6.45) is 0. The maximum atomic E-state index is 12.7. The van der Waals surface area contributed by atoms with Gasteiger partial charge < -0.3 is 19.1 Å². The van der Waals surface area contributed by atoms with Crippen LogP contribution in [-0.2, 0) is 29.0 Å². The van der Waals surface area contributed by atoms with Crippen molar-refractivity contribution in [1.29, 1.82) is 0 Å². The minimum absolute atomic E-state index is 0.0451. The van der Waals surface area contributed by atoms with E-state index in [9.17, 15) is 13.5 Å². The zero-order chi connectivity index (χ0) is 25.0. The number of ether oxygens (including phenoxy) is 2. The van der Waals surface area contributed by atoms with E-state index in [0.717, 1.165) is 39.2 Å². The molecule has 35 heavy (non-hydrogen) atoms. The van der Waals surface area contributed by atoms with Crippen LogP contribution in [0.1, 0.15) is 29.8 Å². The first-order chi connectivity index (χ1) is 16.8. The monoisotopic (exact) mass is 499 g/mol. The fourth-order valence-electron chi connectivity index (χ4n) is 5.95. The van der Waals surface area contributed by atoms with Gasteiger partial charge in [0.25, 0.3) is 0 Å². The molecular weight excluding hydrogens is 466 g/mol. The molecule has 1 N–H and O–H groups in total. The van der Waals surface area contributed by atoms with E-state index in [4.69, 9.17) is 9.47 Å². The molecule has 3 aromatic rings. The fourth-order valence-corrected chi connectivity index (χ4v) is 7.20. The van der Waals surface area contributed by atoms with Gasteiger partial charge in [0.2, 0.25) is 10.0 Å². The standard InChI is InChI=1S/C26H33N3O5S/c1-5-35(31,32)29-16-26(17-29)15-28(13-18-8-6-7-9-23(18)34-4)22(14-30)25-24(26)20-11-10-19(33-3)12-21(20)27(25)2/h6-12,22,30H,5,13-17H2,1-4H3/t22-/m0/s1. The molecule has 2 aliphatic rings. The van der Waals surface area contributed by atoms with Crippen molar-refractivity contribution >= 4 is 20.9 Å². The maximum absolute atomic E-state index is 12.7. The van der Waals surface area contributed by atoms with E-state index >= 15 is 0 Å². The molecule has 188 valence electrons. The summed E-state index contributed by atoms with van der Waals surface area (Å²) in [7, 11) is 2.04. The molecule has 1 aromatic heterocycles. The molecule has 0 radical (unpaired) electrons. The highest BCUT2D eigenvalue weighted by Crippen LogP contribution is 2.50. The number of nitrogens with zero attached hydrogens (tertiary/aromatic N) is 3. The maximum Gasteiger partial charge on any atom is 0.213 e. The predicted molar refractivity (Wildman–Crippen MR) is 135 cm³/mol. The molecule has 0 unspecified atom stereocenters. The Morgan fingerprint density at radius 3 is 2.49 bits per heavy atom. The van der Waals surface area contributed by atoms with Crippen molar-refractivity contribution in [3.63, 3.8) is 0 Å². The van der Waals surface area contributed by atoms with Gasteiger partial charge >= 0.3 is 0 Å². The average Bonchev–Trinajstić information content (AvgIpc) is 3.14. The van der Waals surface area contributed by atoms with Gasteiger partial charge in [0.15, 0.2) is 0 Å². The molecule has 1 atom stereocenters. The summed E-state index contributed by atoms with van der Waals surface area (Å²) in [6, 6.07) is 13.7. The normalized spacial score (nSPS) is 20.1. The number of aliphatic hydroxyl groups is 1. The Kier molecular flexibility index (Phi) is 6.07. The number of methoxy groups -OCH3 is 2. The average molecular weight is 500 g/mol. The number of sulfonamides is 1. The molecular formula is C26H33N3O5S. The van der Waals surface area contributed by atoms with Gasteiger partial charge in [-0.25, -0.2) is 8.42 Å². The third-order valence-corrected chi connectivity index (χ3v) is 9.48. The number of fused-ring (bicyclic) bond motifs is 4. The van der Waals surface area contributed by atoms with E-state index in [0.29, 0.717) is 26.2 Å². The van der Waals surface area contributed by atoms with Crippen LogP contribution < -0.4 is 9.47 Å². The van der Waals surface area contributed by atoms with Crippen molar-refractivity contribution in [3.8, 4) is 11.5 Å². The Hall–Kier alpha value is -2.59. The highest BCUT2D eigenvalue weighted by atomic mass is 32.2. The van der Waals surface area contributed by atoms with Crippen LogP contribution in [0, 0.1) is 0 Å². The van der Waals surface area contributed by atoms with Crippen LogP contribution in [-0.4, -0.2) is 73.5 Å². The van der Waals surface area contributed by atoms with Crippen molar-refractivity contribution in [2.24, 2.45) is 7.05 Å². The van der Waals surface area contributed by atoms with E-state index in [2.05, 4.69) is 15.5 Å². The first kappa shape index (κ1) is 24.1. The Morgan fingerprint density at radius 1 is 1.09 bits per heavy atom.